The van der Waals surface area contributed by atoms with Crippen LogP contribution in [-0.4, -0.2) is 33.6 Å². The van der Waals surface area contributed by atoms with Crippen molar-refractivity contribution in [3.63, 3.8) is 0 Å². The van der Waals surface area contributed by atoms with Crippen LogP contribution in [0.3, 0.4) is 0 Å². The van der Waals surface area contributed by atoms with Gasteiger partial charge in [-0.1, -0.05) is 65.3 Å². The third-order valence-corrected chi connectivity index (χ3v) is 6.34. The zero-order chi connectivity index (χ0) is 22.8. The highest BCUT2D eigenvalue weighted by atomic mass is 35.5. The van der Waals surface area contributed by atoms with Crippen molar-refractivity contribution in [3.05, 3.63) is 70.2 Å². The fraction of sp³-hybridized carbons (Fsp3) is 0.0909. The van der Waals surface area contributed by atoms with Crippen LogP contribution >= 0.6 is 35.0 Å². The summed E-state index contributed by atoms with van der Waals surface area (Å²) in [6.07, 6.45) is 1.33. The summed E-state index contributed by atoms with van der Waals surface area (Å²) < 4.78 is 0. The lowest BCUT2D eigenvalue weighted by atomic mass is 10.0. The number of hydrogen-bond acceptors (Lipinski definition) is 6. The van der Waals surface area contributed by atoms with Crippen molar-refractivity contribution in [3.8, 4) is 5.75 Å². The lowest BCUT2D eigenvalue weighted by Crippen LogP contribution is -2.32. The summed E-state index contributed by atoms with van der Waals surface area (Å²) in [6.45, 7) is 0. The number of carbonyl (C=O) groups is 2. The Morgan fingerprint density at radius 2 is 1.94 bits per heavy atom. The second-order valence-electron chi connectivity index (χ2n) is 6.88. The number of amides is 2. The number of anilines is 1. The zero-order valence-electron chi connectivity index (χ0n) is 16.4. The van der Waals surface area contributed by atoms with Gasteiger partial charge < -0.3 is 10.8 Å². The van der Waals surface area contributed by atoms with Crippen LogP contribution in [0.5, 0.6) is 5.75 Å². The second-order valence-corrected chi connectivity index (χ2v) is 8.94. The number of carbonyl (C=O) groups excluding carboxylic acids is 2. The number of hydrogen-bond donors (Lipinski definition) is 2. The molecule has 3 N–H and O–H groups in total. The minimum Gasteiger partial charge on any atom is -0.507 e. The van der Waals surface area contributed by atoms with Crippen molar-refractivity contribution in [2.75, 3.05) is 4.90 Å². The molecule has 4 rings (SSSR count). The van der Waals surface area contributed by atoms with Gasteiger partial charge in [-0.15, -0.1) is 5.10 Å². The van der Waals surface area contributed by atoms with E-state index in [2.05, 4.69) is 10.2 Å². The number of phenols is 1. The fourth-order valence-corrected chi connectivity index (χ4v) is 4.53. The van der Waals surface area contributed by atoms with Crippen LogP contribution < -0.4 is 10.6 Å². The van der Waals surface area contributed by atoms with Crippen LogP contribution in [0, 0.1) is 0 Å². The van der Waals surface area contributed by atoms with E-state index in [9.17, 15) is 14.7 Å². The molecule has 1 heterocycles. The molecular formula is C22H16Cl2N4O3S. The van der Waals surface area contributed by atoms with Gasteiger partial charge in [0.15, 0.2) is 5.17 Å². The Morgan fingerprint density at radius 1 is 1.16 bits per heavy atom. The Kier molecular flexibility index (Phi) is 6.36. The molecule has 3 aromatic carbocycles. The van der Waals surface area contributed by atoms with E-state index in [1.165, 1.54) is 18.3 Å². The second kappa shape index (κ2) is 9.20. The highest BCUT2D eigenvalue weighted by molar-refractivity contribution is 8.14. The SMILES string of the molecule is NC(=NN=Cc1c(O)ccc2ccccc12)SC1CC(=O)N(c2cc(Cl)ccc2Cl)C1=O. The van der Waals surface area contributed by atoms with Crippen LogP contribution in [0.2, 0.25) is 10.0 Å². The maximum Gasteiger partial charge on any atom is 0.247 e. The van der Waals surface area contributed by atoms with Gasteiger partial charge in [0.05, 0.1) is 16.9 Å². The van der Waals surface area contributed by atoms with Crippen molar-refractivity contribution in [2.24, 2.45) is 15.9 Å². The van der Waals surface area contributed by atoms with Gasteiger partial charge >= 0.3 is 0 Å². The molecule has 32 heavy (non-hydrogen) atoms. The molecule has 1 aliphatic rings. The van der Waals surface area contributed by atoms with Crippen LogP contribution in [0.4, 0.5) is 5.69 Å². The molecule has 1 atom stereocenters. The van der Waals surface area contributed by atoms with Gasteiger partial charge in [-0.25, -0.2) is 4.90 Å². The summed E-state index contributed by atoms with van der Waals surface area (Å²) in [5.74, 6) is -0.814. The molecule has 0 saturated carbocycles. The van der Waals surface area contributed by atoms with Crippen LogP contribution in [0.15, 0.2) is 64.8 Å². The fourth-order valence-electron chi connectivity index (χ4n) is 3.34. The van der Waals surface area contributed by atoms with Gasteiger partial charge in [0.1, 0.15) is 11.0 Å². The Labute approximate surface area is 197 Å². The largest absolute Gasteiger partial charge is 0.507 e. The number of halogens is 2. The number of rotatable bonds is 4. The quantitative estimate of drug-likeness (QED) is 0.243. The lowest BCUT2D eigenvalue weighted by molar-refractivity contribution is -0.121. The topological polar surface area (TPSA) is 108 Å². The molecule has 10 heteroatoms. The number of aromatic hydroxyl groups is 1. The van der Waals surface area contributed by atoms with E-state index in [1.54, 1.807) is 18.2 Å². The van der Waals surface area contributed by atoms with E-state index in [1.807, 2.05) is 24.3 Å². The molecule has 7 nitrogen and oxygen atoms in total. The van der Waals surface area contributed by atoms with E-state index >= 15 is 0 Å². The molecule has 162 valence electrons. The number of nitrogens with two attached hydrogens (primary N) is 1. The number of fused-ring (bicyclic) bond motifs is 1. The third kappa shape index (κ3) is 4.43. The Bertz CT molecular complexity index is 1300. The zero-order valence-corrected chi connectivity index (χ0v) is 18.7. The molecule has 1 saturated heterocycles. The summed E-state index contributed by atoms with van der Waals surface area (Å²) >= 11 is 13.1. The van der Waals surface area contributed by atoms with E-state index in [-0.39, 0.29) is 28.0 Å². The predicted molar refractivity (Wildman–Crippen MR) is 130 cm³/mol. The van der Waals surface area contributed by atoms with Crippen molar-refractivity contribution < 1.29 is 14.7 Å². The van der Waals surface area contributed by atoms with Gasteiger partial charge in [-0.2, -0.15) is 5.10 Å². The lowest BCUT2D eigenvalue weighted by Gasteiger charge is -2.16. The monoisotopic (exact) mass is 486 g/mol. The maximum atomic E-state index is 12.8. The number of thioether (sulfide) groups is 1. The first-order chi connectivity index (χ1) is 15.3. The molecule has 3 aromatic rings. The molecule has 1 fully saturated rings. The van der Waals surface area contributed by atoms with Gasteiger partial charge in [0.25, 0.3) is 0 Å². The van der Waals surface area contributed by atoms with Crippen LogP contribution in [0.25, 0.3) is 10.8 Å². The van der Waals surface area contributed by atoms with Crippen molar-refractivity contribution in [2.45, 2.75) is 11.7 Å². The molecule has 0 aliphatic carbocycles. The Hall–Kier alpha value is -3.07. The maximum absolute atomic E-state index is 12.8. The summed E-state index contributed by atoms with van der Waals surface area (Å²) in [6, 6.07) is 15.5. The van der Waals surface area contributed by atoms with Gasteiger partial charge in [0.2, 0.25) is 11.8 Å². The Morgan fingerprint density at radius 3 is 2.75 bits per heavy atom. The number of benzene rings is 3. The van der Waals surface area contributed by atoms with Gasteiger partial charge in [0, 0.05) is 17.0 Å². The summed E-state index contributed by atoms with van der Waals surface area (Å²) in [5.41, 5.74) is 6.65. The van der Waals surface area contributed by atoms with Gasteiger partial charge in [-0.05, 0) is 35.0 Å². The molecule has 0 aromatic heterocycles. The summed E-state index contributed by atoms with van der Waals surface area (Å²) in [4.78, 5) is 26.3. The highest BCUT2D eigenvalue weighted by Crippen LogP contribution is 2.35. The first-order valence-corrected chi connectivity index (χ1v) is 11.0. The van der Waals surface area contributed by atoms with E-state index in [0.29, 0.717) is 10.6 Å². The molecule has 2 amide bonds. The van der Waals surface area contributed by atoms with Crippen molar-refractivity contribution >= 4 is 74.6 Å². The summed E-state index contributed by atoms with van der Waals surface area (Å²) in [5, 5.41) is 19.6. The molecule has 1 unspecified atom stereocenters. The molecule has 1 aliphatic heterocycles. The normalized spacial score (nSPS) is 17.1. The Balaban J connectivity index is 1.51. The van der Waals surface area contributed by atoms with E-state index < -0.39 is 17.1 Å². The minimum atomic E-state index is -0.762. The van der Waals surface area contributed by atoms with Crippen molar-refractivity contribution in [1.29, 1.82) is 0 Å². The third-order valence-electron chi connectivity index (χ3n) is 4.81. The van der Waals surface area contributed by atoms with E-state index in [0.717, 1.165) is 27.4 Å². The predicted octanol–water partition coefficient (Wildman–Crippen LogP) is 4.57. The number of imide groups is 1. The highest BCUT2D eigenvalue weighted by Gasteiger charge is 2.41. The average Bonchev–Trinajstić information content (AvgIpc) is 3.04. The summed E-state index contributed by atoms with van der Waals surface area (Å²) in [7, 11) is 0. The first kappa shape index (κ1) is 22.1. The molecule has 0 bridgehead atoms. The van der Waals surface area contributed by atoms with Crippen LogP contribution in [0.1, 0.15) is 12.0 Å². The molecule has 0 radical (unpaired) electrons. The smallest absolute Gasteiger partial charge is 0.247 e. The van der Waals surface area contributed by atoms with Crippen LogP contribution in [-0.2, 0) is 9.59 Å². The first-order valence-electron chi connectivity index (χ1n) is 9.41. The standard InChI is InChI=1S/C22H16Cl2N4O3S/c23-13-6-7-16(24)17(9-13)28-20(30)10-19(21(28)31)32-22(25)27-26-11-15-14-4-2-1-3-12(14)5-8-18(15)29/h1-9,11,19,29H,10H2,(H2,25,27). The minimum absolute atomic E-state index is 0.00571. The van der Waals surface area contributed by atoms with Crippen molar-refractivity contribution in [1.82, 2.24) is 0 Å². The molecular weight excluding hydrogens is 471 g/mol. The van der Waals surface area contributed by atoms with E-state index in [4.69, 9.17) is 28.9 Å². The average molecular weight is 487 g/mol. The van der Waals surface area contributed by atoms with Gasteiger partial charge in [-0.3, -0.25) is 9.59 Å². The number of phenolic OH excluding ortho intramolecular Hbond substituents is 1. The number of nitrogens with zero attached hydrogens (tertiary/aromatic N) is 3. The molecule has 0 spiro atoms. The number of amidine groups is 1.